The zero-order valence-corrected chi connectivity index (χ0v) is 12.4. The Morgan fingerprint density at radius 3 is 2.70 bits per heavy atom. The molecule has 20 heavy (non-hydrogen) atoms. The Morgan fingerprint density at radius 1 is 1.25 bits per heavy atom. The van der Waals surface area contributed by atoms with Gasteiger partial charge >= 0.3 is 0 Å². The standard InChI is InChI=1S/C15H18F2N2S/c1-19(2)14(15-4-3-7-20-15)10-18-9-11-8-12(16)5-6-13(11)17/h3-8,14,18H,9-10H2,1-2H3. The maximum absolute atomic E-state index is 13.5. The Bertz CT molecular complexity index is 541. The minimum Gasteiger partial charge on any atom is -0.311 e. The van der Waals surface area contributed by atoms with E-state index in [-0.39, 0.29) is 11.9 Å². The van der Waals surface area contributed by atoms with E-state index in [0.717, 1.165) is 12.1 Å². The van der Waals surface area contributed by atoms with Gasteiger partial charge in [0, 0.05) is 23.5 Å². The Balaban J connectivity index is 1.95. The summed E-state index contributed by atoms with van der Waals surface area (Å²) in [5.41, 5.74) is 0.355. The molecule has 2 nitrogen and oxygen atoms in total. The van der Waals surface area contributed by atoms with Crippen molar-refractivity contribution < 1.29 is 8.78 Å². The first-order chi connectivity index (χ1) is 9.58. The molecule has 0 spiro atoms. The smallest absolute Gasteiger partial charge is 0.127 e. The van der Waals surface area contributed by atoms with Crippen LogP contribution in [0.4, 0.5) is 8.78 Å². The zero-order chi connectivity index (χ0) is 14.5. The van der Waals surface area contributed by atoms with Gasteiger partial charge in [-0.3, -0.25) is 0 Å². The first-order valence-corrected chi connectivity index (χ1v) is 7.30. The molecule has 1 unspecified atom stereocenters. The highest BCUT2D eigenvalue weighted by Crippen LogP contribution is 2.22. The summed E-state index contributed by atoms with van der Waals surface area (Å²) in [5, 5.41) is 5.24. The second-order valence-corrected chi connectivity index (χ2v) is 5.84. The molecule has 1 aromatic heterocycles. The van der Waals surface area contributed by atoms with E-state index in [2.05, 4.69) is 16.3 Å². The summed E-state index contributed by atoms with van der Waals surface area (Å²) in [4.78, 5) is 3.36. The summed E-state index contributed by atoms with van der Waals surface area (Å²) in [7, 11) is 4.02. The fourth-order valence-electron chi connectivity index (χ4n) is 2.04. The molecular formula is C15H18F2N2S. The third-order valence-corrected chi connectivity index (χ3v) is 4.13. The first-order valence-electron chi connectivity index (χ1n) is 6.42. The van der Waals surface area contributed by atoms with Crippen LogP contribution in [0.1, 0.15) is 16.5 Å². The molecule has 0 fully saturated rings. The van der Waals surface area contributed by atoms with Gasteiger partial charge in [-0.15, -0.1) is 11.3 Å². The lowest BCUT2D eigenvalue weighted by Crippen LogP contribution is -2.30. The normalized spacial score (nSPS) is 12.8. The van der Waals surface area contributed by atoms with Crippen molar-refractivity contribution in [1.29, 1.82) is 0 Å². The fourth-order valence-corrected chi connectivity index (χ4v) is 2.96. The predicted molar refractivity (Wildman–Crippen MR) is 78.8 cm³/mol. The van der Waals surface area contributed by atoms with Crippen molar-refractivity contribution in [2.24, 2.45) is 0 Å². The molecule has 0 saturated heterocycles. The second-order valence-electron chi connectivity index (χ2n) is 4.86. The van der Waals surface area contributed by atoms with Gasteiger partial charge in [0.05, 0.1) is 6.04 Å². The minimum atomic E-state index is -0.411. The second kappa shape index (κ2) is 6.92. The predicted octanol–water partition coefficient (Wildman–Crippen LogP) is 3.42. The Hall–Kier alpha value is -1.30. The lowest BCUT2D eigenvalue weighted by atomic mass is 10.2. The van der Waals surface area contributed by atoms with E-state index < -0.39 is 5.82 Å². The van der Waals surface area contributed by atoms with Crippen LogP contribution in [0.25, 0.3) is 0 Å². The summed E-state index contributed by atoms with van der Waals surface area (Å²) in [5.74, 6) is -0.790. The topological polar surface area (TPSA) is 15.3 Å². The van der Waals surface area contributed by atoms with Crippen molar-refractivity contribution in [2.75, 3.05) is 20.6 Å². The number of benzene rings is 1. The van der Waals surface area contributed by atoms with Crippen molar-refractivity contribution in [3.05, 3.63) is 57.8 Å². The Labute approximate surface area is 122 Å². The molecule has 0 aliphatic rings. The van der Waals surface area contributed by atoms with Crippen molar-refractivity contribution in [3.63, 3.8) is 0 Å². The first kappa shape index (κ1) is 15.1. The molecule has 1 N–H and O–H groups in total. The molecular weight excluding hydrogens is 278 g/mol. The van der Waals surface area contributed by atoms with Gasteiger partial charge in [0.2, 0.25) is 0 Å². The molecule has 0 aliphatic heterocycles. The van der Waals surface area contributed by atoms with Crippen LogP contribution in [0.3, 0.4) is 0 Å². The molecule has 5 heteroatoms. The number of likely N-dealkylation sites (N-methyl/N-ethyl adjacent to an activating group) is 1. The molecule has 2 rings (SSSR count). The molecule has 2 aromatic rings. The van der Waals surface area contributed by atoms with Gasteiger partial charge in [0.1, 0.15) is 11.6 Å². The molecule has 1 atom stereocenters. The molecule has 0 aliphatic carbocycles. The van der Waals surface area contributed by atoms with Crippen molar-refractivity contribution >= 4 is 11.3 Å². The van der Waals surface area contributed by atoms with Crippen LogP contribution in [0.2, 0.25) is 0 Å². The molecule has 108 valence electrons. The van der Waals surface area contributed by atoms with E-state index in [9.17, 15) is 8.78 Å². The van der Waals surface area contributed by atoms with Gasteiger partial charge in [0.15, 0.2) is 0 Å². The van der Waals surface area contributed by atoms with Gasteiger partial charge in [0.25, 0.3) is 0 Å². The molecule has 0 saturated carbocycles. The van der Waals surface area contributed by atoms with Gasteiger partial charge in [-0.25, -0.2) is 8.78 Å². The van der Waals surface area contributed by atoms with Crippen LogP contribution < -0.4 is 5.32 Å². The summed E-state index contributed by atoms with van der Waals surface area (Å²) < 4.78 is 26.6. The average molecular weight is 296 g/mol. The fraction of sp³-hybridized carbons (Fsp3) is 0.333. The van der Waals surface area contributed by atoms with Gasteiger partial charge in [-0.05, 0) is 43.7 Å². The highest BCUT2D eigenvalue weighted by Gasteiger charge is 2.14. The third kappa shape index (κ3) is 3.85. The van der Waals surface area contributed by atoms with Crippen LogP contribution in [-0.4, -0.2) is 25.5 Å². The molecule has 1 aromatic carbocycles. The van der Waals surface area contributed by atoms with E-state index >= 15 is 0 Å². The van der Waals surface area contributed by atoms with E-state index in [1.54, 1.807) is 11.3 Å². The molecule has 0 amide bonds. The van der Waals surface area contributed by atoms with Crippen molar-refractivity contribution in [1.82, 2.24) is 10.2 Å². The lowest BCUT2D eigenvalue weighted by Gasteiger charge is -2.23. The average Bonchev–Trinajstić information content (AvgIpc) is 2.91. The van der Waals surface area contributed by atoms with E-state index in [1.165, 1.54) is 10.9 Å². The monoisotopic (exact) mass is 296 g/mol. The zero-order valence-electron chi connectivity index (χ0n) is 11.6. The molecule has 1 heterocycles. The molecule has 0 bridgehead atoms. The highest BCUT2D eigenvalue weighted by atomic mass is 32.1. The quantitative estimate of drug-likeness (QED) is 0.878. The number of halogens is 2. The van der Waals surface area contributed by atoms with Crippen molar-refractivity contribution in [2.45, 2.75) is 12.6 Å². The van der Waals surface area contributed by atoms with Crippen molar-refractivity contribution in [3.8, 4) is 0 Å². The number of hydrogen-bond acceptors (Lipinski definition) is 3. The molecule has 0 radical (unpaired) electrons. The maximum Gasteiger partial charge on any atom is 0.127 e. The minimum absolute atomic E-state index is 0.228. The van der Waals surface area contributed by atoms with E-state index in [0.29, 0.717) is 18.7 Å². The summed E-state index contributed by atoms with van der Waals surface area (Å²) >= 11 is 1.70. The number of thiophene rings is 1. The number of nitrogens with one attached hydrogen (secondary N) is 1. The number of rotatable bonds is 6. The maximum atomic E-state index is 13.5. The Morgan fingerprint density at radius 2 is 2.05 bits per heavy atom. The van der Waals surface area contributed by atoms with Crippen LogP contribution in [-0.2, 0) is 6.54 Å². The number of nitrogens with zero attached hydrogens (tertiary/aromatic N) is 1. The van der Waals surface area contributed by atoms with Crippen LogP contribution in [0, 0.1) is 11.6 Å². The Kier molecular flexibility index (Phi) is 5.23. The van der Waals surface area contributed by atoms with Crippen LogP contribution in [0.15, 0.2) is 35.7 Å². The largest absolute Gasteiger partial charge is 0.311 e. The van der Waals surface area contributed by atoms with Gasteiger partial charge in [-0.1, -0.05) is 6.07 Å². The van der Waals surface area contributed by atoms with Gasteiger partial charge in [-0.2, -0.15) is 0 Å². The lowest BCUT2D eigenvalue weighted by molar-refractivity contribution is 0.292. The van der Waals surface area contributed by atoms with E-state index in [1.807, 2.05) is 25.5 Å². The highest BCUT2D eigenvalue weighted by molar-refractivity contribution is 7.10. The van der Waals surface area contributed by atoms with Crippen LogP contribution in [0.5, 0.6) is 0 Å². The van der Waals surface area contributed by atoms with Crippen LogP contribution >= 0.6 is 11.3 Å². The number of hydrogen-bond donors (Lipinski definition) is 1. The summed E-state index contributed by atoms with van der Waals surface area (Å²) in [6.07, 6.45) is 0. The van der Waals surface area contributed by atoms with E-state index in [4.69, 9.17) is 0 Å². The SMILES string of the molecule is CN(C)C(CNCc1cc(F)ccc1F)c1cccs1. The van der Waals surface area contributed by atoms with Gasteiger partial charge < -0.3 is 10.2 Å². The summed E-state index contributed by atoms with van der Waals surface area (Å²) in [6.45, 7) is 1.00. The summed E-state index contributed by atoms with van der Waals surface area (Å²) in [6, 6.07) is 7.86. The third-order valence-electron chi connectivity index (χ3n) is 3.16.